The van der Waals surface area contributed by atoms with Gasteiger partial charge >= 0.3 is 0 Å². The first kappa shape index (κ1) is 30.0. The second-order valence-electron chi connectivity index (χ2n) is 16.2. The van der Waals surface area contributed by atoms with Gasteiger partial charge in [0.25, 0.3) is 0 Å². The summed E-state index contributed by atoms with van der Waals surface area (Å²) in [6, 6.07) is 35.0. The van der Waals surface area contributed by atoms with Crippen molar-refractivity contribution < 1.29 is 0 Å². The molecule has 6 aromatic carbocycles. The summed E-state index contributed by atoms with van der Waals surface area (Å²) >= 11 is 1.30. The molecule has 1 heterocycles. The number of hydrogen-bond donors (Lipinski definition) is 0. The van der Waals surface area contributed by atoms with E-state index in [2.05, 4.69) is 153 Å². The maximum Gasteiger partial charge on any atom is 0.113 e. The minimum absolute atomic E-state index is 0.0651. The highest BCUT2D eigenvalue weighted by Gasteiger charge is 2.36. The first-order chi connectivity index (χ1) is 22.2. The number of aromatic nitrogens is 2. The summed E-state index contributed by atoms with van der Waals surface area (Å²) in [7, 11) is 0. The number of nitrogens with zero attached hydrogens (tertiary/aromatic N) is 2. The first-order valence-electron chi connectivity index (χ1n) is 16.7. The van der Waals surface area contributed by atoms with Crippen molar-refractivity contribution in [2.24, 2.45) is 0 Å². The molecule has 0 amide bonds. The van der Waals surface area contributed by atoms with Gasteiger partial charge in [0.05, 0.1) is 11.7 Å². The predicted molar refractivity (Wildman–Crippen MR) is 203 cm³/mol. The lowest BCUT2D eigenvalue weighted by molar-refractivity contribution is 0.569. The molecule has 8 rings (SSSR count). The van der Waals surface area contributed by atoms with E-state index < -0.39 is 0 Å². The van der Waals surface area contributed by atoms with E-state index >= 15 is 0 Å². The molecule has 0 aliphatic heterocycles. The van der Waals surface area contributed by atoms with Gasteiger partial charge in [-0.25, -0.2) is 0 Å². The van der Waals surface area contributed by atoms with E-state index in [9.17, 15) is 0 Å². The zero-order valence-electron chi connectivity index (χ0n) is 29.0. The van der Waals surface area contributed by atoms with Crippen molar-refractivity contribution in [2.75, 3.05) is 0 Å². The molecule has 0 saturated carbocycles. The monoisotopic (exact) mass is 630 g/mol. The number of fused-ring (bicyclic) bond motifs is 9. The second kappa shape index (κ2) is 10.1. The van der Waals surface area contributed by atoms with Gasteiger partial charge in [0.15, 0.2) is 0 Å². The molecule has 234 valence electrons. The van der Waals surface area contributed by atoms with Crippen molar-refractivity contribution in [3.8, 4) is 33.4 Å². The maximum atomic E-state index is 4.78. The zero-order valence-corrected chi connectivity index (χ0v) is 29.8. The Morgan fingerprint density at radius 1 is 0.489 bits per heavy atom. The molecule has 0 saturated heterocycles. The van der Waals surface area contributed by atoms with Gasteiger partial charge in [-0.1, -0.05) is 128 Å². The minimum atomic E-state index is -0.0651. The van der Waals surface area contributed by atoms with Crippen LogP contribution in [-0.4, -0.2) is 8.75 Å². The van der Waals surface area contributed by atoms with Crippen LogP contribution in [0.2, 0.25) is 0 Å². The smallest absolute Gasteiger partial charge is 0.113 e. The van der Waals surface area contributed by atoms with E-state index in [-0.39, 0.29) is 16.2 Å². The number of hydrogen-bond acceptors (Lipinski definition) is 3. The quantitative estimate of drug-likeness (QED) is 0.178. The third-order valence-corrected chi connectivity index (χ3v) is 11.0. The van der Waals surface area contributed by atoms with Gasteiger partial charge in [-0.05, 0) is 108 Å². The topological polar surface area (TPSA) is 25.8 Å². The molecule has 1 aromatic heterocycles. The number of rotatable bonds is 2. The summed E-state index contributed by atoms with van der Waals surface area (Å²) in [5.74, 6) is 0. The average molecular weight is 631 g/mol. The number of benzene rings is 6. The van der Waals surface area contributed by atoms with Crippen molar-refractivity contribution in [3.05, 3.63) is 119 Å². The Bertz CT molecular complexity index is 2380. The lowest BCUT2D eigenvalue weighted by atomic mass is 9.78. The summed E-state index contributed by atoms with van der Waals surface area (Å²) in [4.78, 5) is 0. The molecule has 0 N–H and O–H groups in total. The third kappa shape index (κ3) is 4.73. The molecule has 0 fully saturated rings. The van der Waals surface area contributed by atoms with Crippen LogP contribution in [0.4, 0.5) is 0 Å². The maximum absolute atomic E-state index is 4.78. The van der Waals surface area contributed by atoms with Crippen molar-refractivity contribution in [3.63, 3.8) is 0 Å². The van der Waals surface area contributed by atoms with Crippen LogP contribution in [0.15, 0.2) is 91.0 Å². The van der Waals surface area contributed by atoms with Crippen LogP contribution in [0.5, 0.6) is 0 Å². The van der Waals surface area contributed by atoms with Crippen molar-refractivity contribution in [2.45, 2.75) is 78.6 Å². The molecule has 0 unspecified atom stereocenters. The molecular formula is C44H42N2S. The molecule has 1 aliphatic rings. The van der Waals surface area contributed by atoms with Crippen LogP contribution in [0.25, 0.3) is 66.0 Å². The average Bonchev–Trinajstić information content (AvgIpc) is 3.61. The Balaban J connectivity index is 1.29. The lowest BCUT2D eigenvalue weighted by Gasteiger charge is -2.26. The van der Waals surface area contributed by atoms with Gasteiger partial charge in [0, 0.05) is 16.2 Å². The lowest BCUT2D eigenvalue weighted by Crippen LogP contribution is -2.16. The first-order valence-corrected chi connectivity index (χ1v) is 17.5. The summed E-state index contributed by atoms with van der Waals surface area (Å²) in [5, 5.41) is 4.82. The van der Waals surface area contributed by atoms with Crippen LogP contribution in [0.3, 0.4) is 0 Å². The molecule has 3 heteroatoms. The van der Waals surface area contributed by atoms with Crippen molar-refractivity contribution >= 4 is 44.3 Å². The third-order valence-electron chi connectivity index (χ3n) is 10.5. The van der Waals surface area contributed by atoms with E-state index in [1.54, 1.807) is 0 Å². The van der Waals surface area contributed by atoms with E-state index in [0.29, 0.717) is 0 Å². The normalized spacial score (nSPS) is 14.2. The van der Waals surface area contributed by atoms with Gasteiger partial charge in [-0.2, -0.15) is 8.75 Å². The van der Waals surface area contributed by atoms with Gasteiger partial charge in [0.2, 0.25) is 0 Å². The highest BCUT2D eigenvalue weighted by atomic mass is 32.1. The summed E-state index contributed by atoms with van der Waals surface area (Å²) < 4.78 is 9.51. The van der Waals surface area contributed by atoms with Gasteiger partial charge < -0.3 is 0 Å². The largest absolute Gasteiger partial charge is 0.172 e. The van der Waals surface area contributed by atoms with Crippen molar-refractivity contribution in [1.29, 1.82) is 0 Å². The highest BCUT2D eigenvalue weighted by Crippen LogP contribution is 2.51. The second-order valence-corrected chi connectivity index (χ2v) is 16.7. The van der Waals surface area contributed by atoms with E-state index in [0.717, 1.165) is 11.0 Å². The van der Waals surface area contributed by atoms with Crippen molar-refractivity contribution in [1.82, 2.24) is 8.75 Å². The Morgan fingerprint density at radius 3 is 1.51 bits per heavy atom. The van der Waals surface area contributed by atoms with Crippen LogP contribution in [0, 0.1) is 6.92 Å². The SMILES string of the molecule is Cc1ccc2c3ccc(-c4ccc5c(c4)-c4cc(-c6cc(C(C)(C)C)cc(C(C)(C)C)c6)ccc4C5(C)C)cc3c3nsnc3c2c1. The minimum Gasteiger partial charge on any atom is -0.172 e. The molecule has 0 radical (unpaired) electrons. The van der Waals surface area contributed by atoms with Gasteiger partial charge in [-0.15, -0.1) is 0 Å². The Hall–Kier alpha value is -4.34. The Labute approximate surface area is 282 Å². The van der Waals surface area contributed by atoms with Crippen LogP contribution in [-0.2, 0) is 16.2 Å². The highest BCUT2D eigenvalue weighted by molar-refractivity contribution is 7.00. The Kier molecular flexibility index (Phi) is 6.44. The van der Waals surface area contributed by atoms with E-state index in [4.69, 9.17) is 8.75 Å². The standard InChI is InChI=1S/C44H42N2S/c1-25-10-14-32-33-15-11-26(23-37(33)41-40(36(32)18-25)45-47-46-41)27-12-16-38-34(21-27)35-22-28(13-17-39(35)44(38,8)9)29-19-30(42(2,3)4)24-31(20-29)43(5,6)7/h10-24H,1-9H3. The molecule has 2 nitrogen and oxygen atoms in total. The molecule has 7 aromatic rings. The molecule has 0 atom stereocenters. The molecule has 0 bridgehead atoms. The molecule has 1 aliphatic carbocycles. The fourth-order valence-electron chi connectivity index (χ4n) is 7.57. The van der Waals surface area contributed by atoms with Gasteiger partial charge in [-0.3, -0.25) is 0 Å². The van der Waals surface area contributed by atoms with Crippen LogP contribution >= 0.6 is 11.7 Å². The summed E-state index contributed by atoms with van der Waals surface area (Å²) in [6.07, 6.45) is 0. The molecule has 47 heavy (non-hydrogen) atoms. The number of aryl methyl sites for hydroxylation is 1. The summed E-state index contributed by atoms with van der Waals surface area (Å²) in [6.45, 7) is 20.7. The Morgan fingerprint density at radius 2 is 0.957 bits per heavy atom. The van der Waals surface area contributed by atoms with Crippen LogP contribution in [0.1, 0.15) is 83.2 Å². The molecular weight excluding hydrogens is 589 g/mol. The summed E-state index contributed by atoms with van der Waals surface area (Å²) in [5.41, 5.74) is 16.5. The van der Waals surface area contributed by atoms with E-state index in [1.165, 1.54) is 94.5 Å². The van der Waals surface area contributed by atoms with Crippen LogP contribution < -0.4 is 0 Å². The molecule has 0 spiro atoms. The van der Waals surface area contributed by atoms with E-state index in [1.807, 2.05) is 0 Å². The fraction of sp³-hybridized carbons (Fsp3) is 0.273. The fourth-order valence-corrected chi connectivity index (χ4v) is 8.15. The van der Waals surface area contributed by atoms with Gasteiger partial charge in [0.1, 0.15) is 11.0 Å². The predicted octanol–water partition coefficient (Wildman–Crippen LogP) is 12.5. The zero-order chi connectivity index (χ0) is 33.0.